The topological polar surface area (TPSA) is 78.4 Å². The third kappa shape index (κ3) is 5.90. The van der Waals surface area contributed by atoms with Gasteiger partial charge in [0, 0.05) is 18.7 Å². The Bertz CT molecular complexity index is 458. The van der Waals surface area contributed by atoms with E-state index >= 15 is 0 Å². The smallest absolute Gasteiger partial charge is 0.319 e. The highest BCUT2D eigenvalue weighted by Crippen LogP contribution is 2.15. The standard InChI is InChI=1S/C14H20N2O3/c1-10-6-7-11(2)12(9-10)16-14(19)15-8-4-3-5-13(17)18/h6-7,9H,3-5,8H2,1-2H3,(H,17,18)(H2,15,16,19). The summed E-state index contributed by atoms with van der Waals surface area (Å²) in [5.74, 6) is -0.806. The number of hydrogen-bond donors (Lipinski definition) is 3. The Morgan fingerprint density at radius 2 is 1.95 bits per heavy atom. The molecule has 5 heteroatoms. The van der Waals surface area contributed by atoms with E-state index in [0.29, 0.717) is 19.4 Å². The zero-order valence-corrected chi connectivity index (χ0v) is 11.3. The van der Waals surface area contributed by atoms with Crippen molar-refractivity contribution in [3.05, 3.63) is 29.3 Å². The highest BCUT2D eigenvalue weighted by molar-refractivity contribution is 5.90. The minimum Gasteiger partial charge on any atom is -0.481 e. The summed E-state index contributed by atoms with van der Waals surface area (Å²) in [6.07, 6.45) is 1.37. The number of aliphatic carboxylic acids is 1. The molecule has 0 saturated heterocycles. The molecule has 0 heterocycles. The molecule has 2 amide bonds. The van der Waals surface area contributed by atoms with Crippen molar-refractivity contribution in [3.8, 4) is 0 Å². The molecule has 0 aromatic heterocycles. The summed E-state index contributed by atoms with van der Waals surface area (Å²) >= 11 is 0. The fourth-order valence-corrected chi connectivity index (χ4v) is 1.64. The SMILES string of the molecule is Cc1ccc(C)c(NC(=O)NCCCCC(=O)O)c1. The Morgan fingerprint density at radius 3 is 2.63 bits per heavy atom. The average molecular weight is 264 g/mol. The van der Waals surface area contributed by atoms with Crippen LogP contribution in [0.2, 0.25) is 0 Å². The van der Waals surface area contributed by atoms with Crippen LogP contribution in [0.3, 0.4) is 0 Å². The first-order chi connectivity index (χ1) is 8.99. The first-order valence-corrected chi connectivity index (χ1v) is 6.33. The number of carboxylic acids is 1. The minimum atomic E-state index is -0.806. The summed E-state index contributed by atoms with van der Waals surface area (Å²) in [4.78, 5) is 21.9. The van der Waals surface area contributed by atoms with E-state index in [2.05, 4.69) is 10.6 Å². The Kier molecular flexibility index (Phi) is 5.85. The van der Waals surface area contributed by atoms with Gasteiger partial charge in [-0.3, -0.25) is 4.79 Å². The van der Waals surface area contributed by atoms with Gasteiger partial charge in [0.1, 0.15) is 0 Å². The molecule has 1 rings (SSSR count). The van der Waals surface area contributed by atoms with Crippen molar-refractivity contribution < 1.29 is 14.7 Å². The van der Waals surface area contributed by atoms with E-state index in [9.17, 15) is 9.59 Å². The number of urea groups is 1. The second-order valence-corrected chi connectivity index (χ2v) is 4.55. The number of nitrogens with one attached hydrogen (secondary N) is 2. The number of benzene rings is 1. The molecule has 0 bridgehead atoms. The molecule has 0 fully saturated rings. The van der Waals surface area contributed by atoms with Crippen LogP contribution in [0.15, 0.2) is 18.2 Å². The van der Waals surface area contributed by atoms with E-state index in [0.717, 1.165) is 16.8 Å². The summed E-state index contributed by atoms with van der Waals surface area (Å²) < 4.78 is 0. The Balaban J connectivity index is 2.31. The van der Waals surface area contributed by atoms with E-state index in [1.807, 2.05) is 32.0 Å². The molecule has 5 nitrogen and oxygen atoms in total. The van der Waals surface area contributed by atoms with Gasteiger partial charge in [-0.05, 0) is 43.9 Å². The highest BCUT2D eigenvalue weighted by atomic mass is 16.4. The Hall–Kier alpha value is -2.04. The fraction of sp³-hybridized carbons (Fsp3) is 0.429. The van der Waals surface area contributed by atoms with Gasteiger partial charge in [-0.2, -0.15) is 0 Å². The number of carbonyl (C=O) groups is 2. The van der Waals surface area contributed by atoms with Crippen LogP contribution in [-0.2, 0) is 4.79 Å². The molecule has 0 aliphatic heterocycles. The van der Waals surface area contributed by atoms with Crippen molar-refractivity contribution in [2.75, 3.05) is 11.9 Å². The number of aryl methyl sites for hydroxylation is 2. The highest BCUT2D eigenvalue weighted by Gasteiger charge is 2.04. The summed E-state index contributed by atoms with van der Waals surface area (Å²) in [7, 11) is 0. The Labute approximate surface area is 113 Å². The lowest BCUT2D eigenvalue weighted by Crippen LogP contribution is -2.29. The van der Waals surface area contributed by atoms with Gasteiger partial charge in [-0.15, -0.1) is 0 Å². The van der Waals surface area contributed by atoms with Gasteiger partial charge in [0.05, 0.1) is 0 Å². The van der Waals surface area contributed by atoms with E-state index in [1.54, 1.807) is 0 Å². The van der Waals surface area contributed by atoms with Crippen LogP contribution in [0.1, 0.15) is 30.4 Å². The normalized spacial score (nSPS) is 10.0. The molecule has 0 aliphatic carbocycles. The number of carbonyl (C=O) groups excluding carboxylic acids is 1. The molecule has 0 radical (unpaired) electrons. The van der Waals surface area contributed by atoms with Gasteiger partial charge in [-0.1, -0.05) is 12.1 Å². The zero-order valence-electron chi connectivity index (χ0n) is 11.3. The average Bonchev–Trinajstić information content (AvgIpc) is 2.33. The quantitative estimate of drug-likeness (QED) is 0.691. The third-order valence-electron chi connectivity index (χ3n) is 2.74. The van der Waals surface area contributed by atoms with Gasteiger partial charge >= 0.3 is 12.0 Å². The molecule has 0 atom stereocenters. The predicted molar refractivity (Wildman–Crippen MR) is 74.4 cm³/mol. The van der Waals surface area contributed by atoms with Crippen molar-refractivity contribution in [3.63, 3.8) is 0 Å². The molecule has 0 spiro atoms. The van der Waals surface area contributed by atoms with Crippen molar-refractivity contribution >= 4 is 17.7 Å². The molecule has 0 unspecified atom stereocenters. The largest absolute Gasteiger partial charge is 0.481 e. The van der Waals surface area contributed by atoms with Crippen molar-refractivity contribution in [2.45, 2.75) is 33.1 Å². The molecule has 1 aromatic carbocycles. The maximum atomic E-state index is 11.6. The molecule has 0 saturated carbocycles. The molecule has 3 N–H and O–H groups in total. The molecule has 104 valence electrons. The number of rotatable bonds is 6. The van der Waals surface area contributed by atoms with Crippen molar-refractivity contribution in [1.82, 2.24) is 5.32 Å². The van der Waals surface area contributed by atoms with Gasteiger partial charge < -0.3 is 15.7 Å². The van der Waals surface area contributed by atoms with Gasteiger partial charge in [0.25, 0.3) is 0 Å². The second kappa shape index (κ2) is 7.41. The monoisotopic (exact) mass is 264 g/mol. The number of unbranched alkanes of at least 4 members (excludes halogenated alkanes) is 1. The molecular formula is C14H20N2O3. The summed E-state index contributed by atoms with van der Waals surface area (Å²) in [6, 6.07) is 5.60. The summed E-state index contributed by atoms with van der Waals surface area (Å²) in [6.45, 7) is 4.38. The molecule has 19 heavy (non-hydrogen) atoms. The zero-order chi connectivity index (χ0) is 14.3. The summed E-state index contributed by atoms with van der Waals surface area (Å²) in [5, 5.41) is 14.0. The second-order valence-electron chi connectivity index (χ2n) is 4.55. The number of amides is 2. The lowest BCUT2D eigenvalue weighted by Gasteiger charge is -2.10. The van der Waals surface area contributed by atoms with E-state index in [1.165, 1.54) is 0 Å². The van der Waals surface area contributed by atoms with Crippen LogP contribution in [-0.4, -0.2) is 23.7 Å². The third-order valence-corrected chi connectivity index (χ3v) is 2.74. The van der Waals surface area contributed by atoms with Gasteiger partial charge in [0.15, 0.2) is 0 Å². The van der Waals surface area contributed by atoms with Crippen LogP contribution in [0.25, 0.3) is 0 Å². The number of carboxylic acid groups (broad SMARTS) is 1. The van der Waals surface area contributed by atoms with Crippen LogP contribution in [0, 0.1) is 13.8 Å². The van der Waals surface area contributed by atoms with E-state index < -0.39 is 5.97 Å². The van der Waals surface area contributed by atoms with Crippen LogP contribution in [0.4, 0.5) is 10.5 Å². The summed E-state index contributed by atoms with van der Waals surface area (Å²) in [5.41, 5.74) is 2.89. The van der Waals surface area contributed by atoms with Crippen LogP contribution in [0.5, 0.6) is 0 Å². The molecule has 1 aromatic rings. The maximum Gasteiger partial charge on any atom is 0.319 e. The Morgan fingerprint density at radius 1 is 1.21 bits per heavy atom. The predicted octanol–water partition coefficient (Wildman–Crippen LogP) is 2.68. The van der Waals surface area contributed by atoms with Crippen LogP contribution >= 0.6 is 0 Å². The van der Waals surface area contributed by atoms with E-state index in [4.69, 9.17) is 5.11 Å². The lowest BCUT2D eigenvalue weighted by molar-refractivity contribution is -0.137. The maximum absolute atomic E-state index is 11.6. The van der Waals surface area contributed by atoms with Gasteiger partial charge in [-0.25, -0.2) is 4.79 Å². The van der Waals surface area contributed by atoms with Crippen molar-refractivity contribution in [1.29, 1.82) is 0 Å². The first kappa shape index (κ1) is 15.0. The minimum absolute atomic E-state index is 0.139. The number of anilines is 1. The molecule has 0 aliphatic rings. The van der Waals surface area contributed by atoms with E-state index in [-0.39, 0.29) is 12.5 Å². The van der Waals surface area contributed by atoms with Crippen molar-refractivity contribution in [2.24, 2.45) is 0 Å². The number of hydrogen-bond acceptors (Lipinski definition) is 2. The van der Waals surface area contributed by atoms with Gasteiger partial charge in [0.2, 0.25) is 0 Å². The lowest BCUT2D eigenvalue weighted by atomic mass is 10.1. The fourth-order valence-electron chi connectivity index (χ4n) is 1.64. The van der Waals surface area contributed by atoms with Crippen LogP contribution < -0.4 is 10.6 Å². The first-order valence-electron chi connectivity index (χ1n) is 6.33. The molecular weight excluding hydrogens is 244 g/mol.